The molecule has 3 aromatic rings. The highest BCUT2D eigenvalue weighted by atomic mass is 32.1. The average Bonchev–Trinajstić information content (AvgIpc) is 3.39. The molecule has 0 amide bonds. The summed E-state index contributed by atoms with van der Waals surface area (Å²) in [5.74, 6) is 0.726. The number of nitrogens with zero attached hydrogens (tertiary/aromatic N) is 5. The molecule has 4 rings (SSSR count). The largest absolute Gasteiger partial charge is 0.349 e. The molecule has 1 atom stereocenters. The molecule has 1 N–H and O–H groups in total. The topological polar surface area (TPSA) is 78.0 Å². The molecule has 3 aromatic heterocycles. The molecule has 0 spiro atoms. The van der Waals surface area contributed by atoms with Gasteiger partial charge in [-0.1, -0.05) is 6.07 Å². The Labute approximate surface area is 174 Å². The fraction of sp³-hybridized carbons (Fsp3) is 0.429. The van der Waals surface area contributed by atoms with Crippen LogP contribution in [0.4, 0.5) is 5.13 Å². The second-order valence-corrected chi connectivity index (χ2v) is 8.23. The van der Waals surface area contributed by atoms with Crippen LogP contribution in [0, 0.1) is 0 Å². The molecule has 1 aliphatic heterocycles. The summed E-state index contributed by atoms with van der Waals surface area (Å²) in [6, 6.07) is 7.27. The number of nitrogens with one attached hydrogen (secondary N) is 1. The van der Waals surface area contributed by atoms with Gasteiger partial charge in [0.05, 0.1) is 17.4 Å². The summed E-state index contributed by atoms with van der Waals surface area (Å²) in [6.07, 6.45) is 5.77. The van der Waals surface area contributed by atoms with Crippen LogP contribution in [0.3, 0.4) is 0 Å². The zero-order valence-corrected chi connectivity index (χ0v) is 17.7. The number of aromatic nitrogens is 4. The van der Waals surface area contributed by atoms with Gasteiger partial charge in [-0.05, 0) is 45.4 Å². The third-order valence-corrected chi connectivity index (χ3v) is 6.34. The Balaban J connectivity index is 1.56. The first kappa shape index (κ1) is 19.7. The lowest BCUT2D eigenvalue weighted by Crippen LogP contribution is -2.26. The molecule has 0 aromatic carbocycles. The zero-order chi connectivity index (χ0) is 20.2. The first-order valence-corrected chi connectivity index (χ1v) is 11.0. The van der Waals surface area contributed by atoms with Gasteiger partial charge in [0.1, 0.15) is 5.82 Å². The molecule has 1 unspecified atom stereocenters. The minimum atomic E-state index is -0.135. The van der Waals surface area contributed by atoms with Crippen molar-refractivity contribution in [1.29, 1.82) is 0 Å². The Morgan fingerprint density at radius 2 is 2.10 bits per heavy atom. The van der Waals surface area contributed by atoms with E-state index in [0.29, 0.717) is 5.69 Å². The molecule has 7 nitrogen and oxygen atoms in total. The van der Waals surface area contributed by atoms with Crippen molar-refractivity contribution in [2.75, 3.05) is 24.5 Å². The Bertz CT molecular complexity index is 998. The number of H-pyrrole nitrogens is 1. The molecule has 1 aliphatic rings. The molecule has 1 fully saturated rings. The minimum absolute atomic E-state index is 0.102. The summed E-state index contributed by atoms with van der Waals surface area (Å²) < 4.78 is 0. The minimum Gasteiger partial charge on any atom is -0.349 e. The lowest BCUT2D eigenvalue weighted by molar-refractivity contribution is 0.241. The van der Waals surface area contributed by atoms with Crippen molar-refractivity contribution in [2.24, 2.45) is 0 Å². The van der Waals surface area contributed by atoms with Crippen LogP contribution in [0.15, 0.2) is 41.5 Å². The van der Waals surface area contributed by atoms with Gasteiger partial charge in [-0.3, -0.25) is 14.7 Å². The quantitative estimate of drug-likeness (QED) is 0.643. The van der Waals surface area contributed by atoms with Crippen LogP contribution in [0.1, 0.15) is 43.4 Å². The number of pyridine rings is 1. The van der Waals surface area contributed by atoms with Gasteiger partial charge in [0.15, 0.2) is 5.13 Å². The fourth-order valence-electron chi connectivity index (χ4n) is 3.82. The fourth-order valence-corrected chi connectivity index (χ4v) is 4.88. The maximum Gasteiger partial charge on any atom is 0.251 e. The van der Waals surface area contributed by atoms with Crippen LogP contribution in [-0.2, 0) is 6.54 Å². The van der Waals surface area contributed by atoms with Crippen molar-refractivity contribution in [2.45, 2.75) is 39.3 Å². The highest BCUT2D eigenvalue weighted by Crippen LogP contribution is 2.33. The number of anilines is 1. The second kappa shape index (κ2) is 8.84. The normalized spacial score (nSPS) is 17.0. The van der Waals surface area contributed by atoms with E-state index in [1.54, 1.807) is 17.5 Å². The summed E-state index contributed by atoms with van der Waals surface area (Å²) in [4.78, 5) is 34.9. The van der Waals surface area contributed by atoms with Crippen molar-refractivity contribution in [3.8, 4) is 11.4 Å². The van der Waals surface area contributed by atoms with E-state index in [4.69, 9.17) is 4.98 Å². The van der Waals surface area contributed by atoms with E-state index in [1.807, 2.05) is 24.4 Å². The molecule has 4 heterocycles. The van der Waals surface area contributed by atoms with E-state index in [-0.39, 0.29) is 11.6 Å². The maximum atomic E-state index is 12.3. The zero-order valence-electron chi connectivity index (χ0n) is 16.8. The third-order valence-electron chi connectivity index (χ3n) is 5.30. The van der Waals surface area contributed by atoms with Crippen molar-refractivity contribution in [3.63, 3.8) is 0 Å². The standard InChI is InChI=1S/C21H26N6OS/c1-3-26(4-2)21-23-13-15(29-21)14-27-11-7-9-18(27)20-24-17(12-19(28)25-20)16-8-5-6-10-22-16/h5-6,8,10,12-13,18H,3-4,7,9,11,14H2,1-2H3,(H,24,25,28). The summed E-state index contributed by atoms with van der Waals surface area (Å²) in [7, 11) is 0. The third kappa shape index (κ3) is 4.38. The molecule has 0 radical (unpaired) electrons. The van der Waals surface area contributed by atoms with Crippen molar-refractivity contribution < 1.29 is 0 Å². The second-order valence-electron chi connectivity index (χ2n) is 7.14. The average molecular weight is 411 g/mol. The Morgan fingerprint density at radius 3 is 2.86 bits per heavy atom. The van der Waals surface area contributed by atoms with Gasteiger partial charge in [0.2, 0.25) is 0 Å². The molecule has 0 saturated carbocycles. The van der Waals surface area contributed by atoms with Crippen molar-refractivity contribution >= 4 is 16.5 Å². The predicted molar refractivity (Wildman–Crippen MR) is 116 cm³/mol. The number of hydrogen-bond acceptors (Lipinski definition) is 7. The molecule has 152 valence electrons. The number of aromatic amines is 1. The monoisotopic (exact) mass is 410 g/mol. The van der Waals surface area contributed by atoms with Gasteiger partial charge < -0.3 is 9.88 Å². The van der Waals surface area contributed by atoms with Gasteiger partial charge in [-0.15, -0.1) is 11.3 Å². The summed E-state index contributed by atoms with van der Waals surface area (Å²) >= 11 is 1.75. The SMILES string of the molecule is CCN(CC)c1ncc(CN2CCCC2c2nc(-c3ccccn3)cc(=O)[nH]2)s1. The van der Waals surface area contributed by atoms with E-state index in [0.717, 1.165) is 55.7 Å². The van der Waals surface area contributed by atoms with Gasteiger partial charge in [-0.25, -0.2) is 9.97 Å². The highest BCUT2D eigenvalue weighted by Gasteiger charge is 2.29. The van der Waals surface area contributed by atoms with E-state index in [9.17, 15) is 4.79 Å². The Kier molecular flexibility index (Phi) is 6.01. The van der Waals surface area contributed by atoms with E-state index >= 15 is 0 Å². The molecule has 29 heavy (non-hydrogen) atoms. The smallest absolute Gasteiger partial charge is 0.251 e. The number of rotatable bonds is 7. The van der Waals surface area contributed by atoms with Crippen LogP contribution < -0.4 is 10.5 Å². The van der Waals surface area contributed by atoms with Crippen LogP contribution in [0.5, 0.6) is 0 Å². The molecule has 8 heteroatoms. The Hall–Kier alpha value is -2.58. The first-order chi connectivity index (χ1) is 14.2. The summed E-state index contributed by atoms with van der Waals surface area (Å²) in [6.45, 7) is 8.03. The molecule has 1 saturated heterocycles. The van der Waals surface area contributed by atoms with Crippen LogP contribution in [0.2, 0.25) is 0 Å². The maximum absolute atomic E-state index is 12.3. The van der Waals surface area contributed by atoms with Gasteiger partial charge >= 0.3 is 0 Å². The highest BCUT2D eigenvalue weighted by molar-refractivity contribution is 7.15. The van der Waals surface area contributed by atoms with Gasteiger partial charge in [0, 0.05) is 43.0 Å². The van der Waals surface area contributed by atoms with Crippen LogP contribution in [0.25, 0.3) is 11.4 Å². The summed E-state index contributed by atoms with van der Waals surface area (Å²) in [5.41, 5.74) is 1.21. The van der Waals surface area contributed by atoms with Crippen molar-refractivity contribution in [1.82, 2.24) is 24.8 Å². The van der Waals surface area contributed by atoms with Crippen molar-refractivity contribution in [3.05, 3.63) is 57.7 Å². The Morgan fingerprint density at radius 1 is 1.24 bits per heavy atom. The molecular formula is C21H26N6OS. The lowest BCUT2D eigenvalue weighted by atomic mass is 10.2. The molecule has 0 bridgehead atoms. The molecular weight excluding hydrogens is 384 g/mol. The summed E-state index contributed by atoms with van der Waals surface area (Å²) in [5, 5.41) is 1.07. The van der Waals surface area contributed by atoms with Crippen LogP contribution >= 0.6 is 11.3 Å². The number of likely N-dealkylation sites (tertiary alicyclic amines) is 1. The van der Waals surface area contributed by atoms with E-state index < -0.39 is 0 Å². The first-order valence-electron chi connectivity index (χ1n) is 10.1. The van der Waals surface area contributed by atoms with Gasteiger partial charge in [-0.2, -0.15) is 0 Å². The van der Waals surface area contributed by atoms with E-state index in [2.05, 4.69) is 38.6 Å². The number of thiazole rings is 1. The lowest BCUT2D eigenvalue weighted by Gasteiger charge is -2.23. The van der Waals surface area contributed by atoms with Crippen LogP contribution in [-0.4, -0.2) is 44.5 Å². The molecule has 0 aliphatic carbocycles. The van der Waals surface area contributed by atoms with Gasteiger partial charge in [0.25, 0.3) is 5.56 Å². The predicted octanol–water partition coefficient (Wildman–Crippen LogP) is 3.47. The number of hydrogen-bond donors (Lipinski definition) is 1. The van der Waals surface area contributed by atoms with E-state index in [1.165, 1.54) is 10.9 Å².